The Hall–Kier alpha value is -2.18. The first-order valence-electron chi connectivity index (χ1n) is 8.77. The molecule has 1 aliphatic heterocycles. The third kappa shape index (κ3) is 4.01. The quantitative estimate of drug-likeness (QED) is 0.812. The molecule has 0 N–H and O–H groups in total. The molecule has 7 heteroatoms. The Morgan fingerprint density at radius 2 is 2.33 bits per heavy atom. The van der Waals surface area contributed by atoms with Crippen LogP contribution < -0.4 is 0 Å². The molecule has 2 aromatic rings. The van der Waals surface area contributed by atoms with E-state index in [1.165, 1.54) is 0 Å². The van der Waals surface area contributed by atoms with Crippen LogP contribution >= 0.6 is 0 Å². The largest absolute Gasteiger partial charge is 0.361 e. The highest BCUT2D eigenvalue weighted by Gasteiger charge is 2.26. The average molecular weight is 331 g/mol. The summed E-state index contributed by atoms with van der Waals surface area (Å²) in [5.41, 5.74) is 1.45. The van der Waals surface area contributed by atoms with Crippen LogP contribution in [0.2, 0.25) is 0 Å². The molecule has 24 heavy (non-hydrogen) atoms. The van der Waals surface area contributed by atoms with Crippen LogP contribution in [0, 0.1) is 12.8 Å². The predicted octanol–water partition coefficient (Wildman–Crippen LogP) is 2.47. The van der Waals surface area contributed by atoms with E-state index in [9.17, 15) is 4.79 Å². The van der Waals surface area contributed by atoms with E-state index in [4.69, 9.17) is 4.52 Å². The van der Waals surface area contributed by atoms with Gasteiger partial charge in [0.1, 0.15) is 5.76 Å². The second-order valence-electron chi connectivity index (χ2n) is 6.62. The Bertz CT molecular complexity index is 678. The summed E-state index contributed by atoms with van der Waals surface area (Å²) in [6.45, 7) is 6.29. The van der Waals surface area contributed by atoms with Crippen molar-refractivity contribution in [2.45, 2.75) is 52.5 Å². The fourth-order valence-electron chi connectivity index (χ4n) is 3.19. The van der Waals surface area contributed by atoms with E-state index in [0.717, 1.165) is 57.4 Å². The summed E-state index contributed by atoms with van der Waals surface area (Å²) in [5.74, 6) is 1.02. The molecule has 0 saturated carbocycles. The molecule has 0 radical (unpaired) electrons. The topological polar surface area (TPSA) is 77.0 Å². The molecule has 1 aliphatic rings. The molecule has 0 aromatic carbocycles. The van der Waals surface area contributed by atoms with Crippen LogP contribution in [0.4, 0.5) is 0 Å². The first-order valence-corrected chi connectivity index (χ1v) is 8.77. The van der Waals surface area contributed by atoms with Crippen molar-refractivity contribution in [3.63, 3.8) is 0 Å². The predicted molar refractivity (Wildman–Crippen MR) is 88.5 cm³/mol. The molecule has 1 atom stereocenters. The molecule has 1 amide bonds. The summed E-state index contributed by atoms with van der Waals surface area (Å²) in [7, 11) is 0. The molecule has 2 aromatic heterocycles. The standard InChI is InChI=1S/C17H25N5O2/c1-3-4-7-15-12-22(20-18-15)11-14-6-5-8-21(10-14)17(23)16-9-13(2)24-19-16/h9,12,14H,3-8,10-11H2,1-2H3/t14-/m1/s1. The van der Waals surface area contributed by atoms with Crippen LogP contribution in [-0.4, -0.2) is 44.0 Å². The maximum atomic E-state index is 12.5. The number of unbranched alkanes of at least 4 members (excludes halogenated alkanes) is 1. The number of carbonyl (C=O) groups excluding carboxylic acids is 1. The van der Waals surface area contributed by atoms with E-state index < -0.39 is 0 Å². The Morgan fingerprint density at radius 3 is 3.08 bits per heavy atom. The molecule has 3 rings (SSSR count). The molecular formula is C17H25N5O2. The molecule has 0 aliphatic carbocycles. The molecule has 130 valence electrons. The van der Waals surface area contributed by atoms with E-state index in [-0.39, 0.29) is 5.91 Å². The molecule has 1 saturated heterocycles. The SMILES string of the molecule is CCCCc1cn(C[C@@H]2CCCN(C(=O)c3cc(C)on3)C2)nn1. The van der Waals surface area contributed by atoms with Crippen LogP contribution in [0.15, 0.2) is 16.8 Å². The summed E-state index contributed by atoms with van der Waals surface area (Å²) in [6, 6.07) is 1.70. The zero-order valence-electron chi connectivity index (χ0n) is 14.4. The third-order valence-electron chi connectivity index (χ3n) is 4.47. The second kappa shape index (κ2) is 7.59. The van der Waals surface area contributed by atoms with Gasteiger partial charge in [-0.3, -0.25) is 9.48 Å². The van der Waals surface area contributed by atoms with E-state index in [0.29, 0.717) is 17.4 Å². The lowest BCUT2D eigenvalue weighted by Gasteiger charge is -2.32. The summed E-state index contributed by atoms with van der Waals surface area (Å²) >= 11 is 0. The van der Waals surface area contributed by atoms with Crippen LogP contribution in [0.25, 0.3) is 0 Å². The van der Waals surface area contributed by atoms with Gasteiger partial charge in [-0.05, 0) is 38.5 Å². The van der Waals surface area contributed by atoms with Crippen molar-refractivity contribution in [3.8, 4) is 0 Å². The Morgan fingerprint density at radius 1 is 1.46 bits per heavy atom. The zero-order valence-corrected chi connectivity index (χ0v) is 14.4. The summed E-state index contributed by atoms with van der Waals surface area (Å²) in [6.07, 6.45) is 7.43. The maximum absolute atomic E-state index is 12.5. The van der Waals surface area contributed by atoms with Crippen molar-refractivity contribution in [3.05, 3.63) is 29.4 Å². The highest BCUT2D eigenvalue weighted by Crippen LogP contribution is 2.20. The zero-order chi connectivity index (χ0) is 16.9. The van der Waals surface area contributed by atoms with E-state index in [2.05, 4.69) is 22.4 Å². The third-order valence-corrected chi connectivity index (χ3v) is 4.47. The fraction of sp³-hybridized carbons (Fsp3) is 0.647. The van der Waals surface area contributed by atoms with Gasteiger partial charge in [-0.25, -0.2) is 0 Å². The van der Waals surface area contributed by atoms with Crippen LogP contribution in [0.3, 0.4) is 0 Å². The molecule has 0 spiro atoms. The monoisotopic (exact) mass is 331 g/mol. The van der Waals surface area contributed by atoms with Crippen molar-refractivity contribution in [2.75, 3.05) is 13.1 Å². The minimum atomic E-state index is -0.0428. The number of aryl methyl sites for hydroxylation is 2. The van der Waals surface area contributed by atoms with Crippen LogP contribution in [0.1, 0.15) is 54.5 Å². The van der Waals surface area contributed by atoms with Crippen molar-refractivity contribution in [1.29, 1.82) is 0 Å². The van der Waals surface area contributed by atoms with E-state index >= 15 is 0 Å². The van der Waals surface area contributed by atoms with E-state index in [1.54, 1.807) is 13.0 Å². The number of piperidine rings is 1. The number of hydrogen-bond acceptors (Lipinski definition) is 5. The van der Waals surface area contributed by atoms with Crippen molar-refractivity contribution < 1.29 is 9.32 Å². The van der Waals surface area contributed by atoms with Crippen molar-refractivity contribution in [1.82, 2.24) is 25.1 Å². The lowest BCUT2D eigenvalue weighted by atomic mass is 9.98. The minimum absolute atomic E-state index is 0.0428. The number of nitrogens with zero attached hydrogens (tertiary/aromatic N) is 5. The molecule has 3 heterocycles. The Labute approximate surface area is 142 Å². The minimum Gasteiger partial charge on any atom is -0.361 e. The van der Waals surface area contributed by atoms with Crippen LogP contribution in [-0.2, 0) is 13.0 Å². The van der Waals surface area contributed by atoms with Gasteiger partial charge < -0.3 is 9.42 Å². The number of likely N-dealkylation sites (tertiary alicyclic amines) is 1. The highest BCUT2D eigenvalue weighted by molar-refractivity contribution is 5.92. The fourth-order valence-corrected chi connectivity index (χ4v) is 3.19. The Kier molecular flexibility index (Phi) is 5.27. The highest BCUT2D eigenvalue weighted by atomic mass is 16.5. The first kappa shape index (κ1) is 16.7. The lowest BCUT2D eigenvalue weighted by molar-refractivity contribution is 0.0649. The Balaban J connectivity index is 1.57. The van der Waals surface area contributed by atoms with Gasteiger partial charge in [0.2, 0.25) is 0 Å². The molecule has 0 unspecified atom stereocenters. The average Bonchev–Trinajstić information content (AvgIpc) is 3.21. The number of rotatable bonds is 6. The summed E-state index contributed by atoms with van der Waals surface area (Å²) in [4.78, 5) is 14.4. The maximum Gasteiger partial charge on any atom is 0.276 e. The number of carbonyl (C=O) groups is 1. The normalized spacial score (nSPS) is 18.1. The molecular weight excluding hydrogens is 306 g/mol. The van der Waals surface area contributed by atoms with E-state index in [1.807, 2.05) is 15.8 Å². The van der Waals surface area contributed by atoms with Gasteiger partial charge in [-0.15, -0.1) is 5.10 Å². The van der Waals surface area contributed by atoms with Crippen LogP contribution in [0.5, 0.6) is 0 Å². The van der Waals surface area contributed by atoms with Gasteiger partial charge >= 0.3 is 0 Å². The number of hydrogen-bond donors (Lipinski definition) is 0. The summed E-state index contributed by atoms with van der Waals surface area (Å²) < 4.78 is 6.93. The smallest absolute Gasteiger partial charge is 0.276 e. The number of aromatic nitrogens is 4. The van der Waals surface area contributed by atoms with Gasteiger partial charge in [0.25, 0.3) is 5.91 Å². The van der Waals surface area contributed by atoms with Gasteiger partial charge in [0.05, 0.1) is 5.69 Å². The lowest BCUT2D eigenvalue weighted by Crippen LogP contribution is -2.41. The molecule has 7 nitrogen and oxygen atoms in total. The van der Waals surface area contributed by atoms with Gasteiger partial charge in [-0.1, -0.05) is 23.7 Å². The molecule has 0 bridgehead atoms. The summed E-state index contributed by atoms with van der Waals surface area (Å²) in [5, 5.41) is 12.3. The van der Waals surface area contributed by atoms with Crippen molar-refractivity contribution >= 4 is 5.91 Å². The molecule has 1 fully saturated rings. The van der Waals surface area contributed by atoms with Crippen molar-refractivity contribution in [2.24, 2.45) is 5.92 Å². The van der Waals surface area contributed by atoms with Gasteiger partial charge in [0, 0.05) is 31.9 Å². The van der Waals surface area contributed by atoms with Gasteiger partial charge in [0.15, 0.2) is 5.69 Å². The number of amides is 1. The van der Waals surface area contributed by atoms with Gasteiger partial charge in [-0.2, -0.15) is 0 Å². The second-order valence-corrected chi connectivity index (χ2v) is 6.62. The first-order chi connectivity index (χ1) is 11.7.